The SMILES string of the molecule is CN(CCOc1ccc2c(Nc3ccc(S(=O)(=O)c4ccccc4)cc3)ncnc2c1)CCS(C)(=O)=O. The van der Waals surface area contributed by atoms with Crippen molar-refractivity contribution < 1.29 is 21.6 Å². The van der Waals surface area contributed by atoms with Crippen LogP contribution in [0.2, 0.25) is 0 Å². The Kier molecular flexibility index (Phi) is 8.06. The molecular weight excluding hydrogens is 512 g/mol. The van der Waals surface area contributed by atoms with E-state index in [1.54, 1.807) is 54.6 Å². The lowest BCUT2D eigenvalue weighted by Gasteiger charge is -2.16. The van der Waals surface area contributed by atoms with Gasteiger partial charge in [-0.25, -0.2) is 26.8 Å². The van der Waals surface area contributed by atoms with Gasteiger partial charge in [0.25, 0.3) is 0 Å². The Morgan fingerprint density at radius 3 is 2.27 bits per heavy atom. The molecule has 11 heteroatoms. The molecule has 37 heavy (non-hydrogen) atoms. The summed E-state index contributed by atoms with van der Waals surface area (Å²) < 4.78 is 54.1. The predicted molar refractivity (Wildman–Crippen MR) is 144 cm³/mol. The molecule has 0 radical (unpaired) electrons. The molecule has 0 amide bonds. The quantitative estimate of drug-likeness (QED) is 0.305. The fourth-order valence-corrected chi connectivity index (χ4v) is 5.49. The van der Waals surface area contributed by atoms with Gasteiger partial charge >= 0.3 is 0 Å². The third-order valence-corrected chi connectivity index (χ3v) is 8.38. The summed E-state index contributed by atoms with van der Waals surface area (Å²) in [5.74, 6) is 1.33. The largest absolute Gasteiger partial charge is 0.492 e. The molecule has 4 aromatic rings. The average molecular weight is 541 g/mol. The Labute approximate surface area is 217 Å². The van der Waals surface area contributed by atoms with Crippen LogP contribution in [0.25, 0.3) is 10.9 Å². The highest BCUT2D eigenvalue weighted by Crippen LogP contribution is 2.28. The molecule has 1 N–H and O–H groups in total. The molecule has 9 nitrogen and oxygen atoms in total. The number of anilines is 2. The first-order valence-electron chi connectivity index (χ1n) is 11.5. The number of aromatic nitrogens is 2. The Balaban J connectivity index is 1.42. The van der Waals surface area contributed by atoms with Crippen molar-refractivity contribution in [3.05, 3.63) is 79.1 Å². The third-order valence-electron chi connectivity index (χ3n) is 5.67. The molecule has 0 unspecified atom stereocenters. The fourth-order valence-electron chi connectivity index (χ4n) is 3.57. The molecule has 0 bridgehead atoms. The number of ether oxygens (including phenoxy) is 1. The van der Waals surface area contributed by atoms with Crippen molar-refractivity contribution >= 4 is 42.1 Å². The zero-order valence-corrected chi connectivity index (χ0v) is 22.2. The molecule has 0 saturated carbocycles. The first-order valence-corrected chi connectivity index (χ1v) is 15.1. The van der Waals surface area contributed by atoms with E-state index < -0.39 is 19.7 Å². The van der Waals surface area contributed by atoms with Crippen molar-refractivity contribution in [1.82, 2.24) is 14.9 Å². The van der Waals surface area contributed by atoms with Crippen molar-refractivity contribution in [2.24, 2.45) is 0 Å². The Hall–Kier alpha value is -3.54. The molecule has 0 atom stereocenters. The molecule has 0 spiro atoms. The van der Waals surface area contributed by atoms with Crippen LogP contribution < -0.4 is 10.1 Å². The summed E-state index contributed by atoms with van der Waals surface area (Å²) in [6.45, 7) is 1.43. The van der Waals surface area contributed by atoms with Gasteiger partial charge in [0.15, 0.2) is 0 Å². The molecule has 0 fully saturated rings. The molecular formula is C26H28N4O5S2. The minimum absolute atomic E-state index is 0.109. The summed E-state index contributed by atoms with van der Waals surface area (Å²) in [6, 6.07) is 20.3. The molecule has 1 aromatic heterocycles. The number of nitrogens with zero attached hydrogens (tertiary/aromatic N) is 3. The second-order valence-electron chi connectivity index (χ2n) is 8.65. The predicted octanol–water partition coefficient (Wildman–Crippen LogP) is 3.56. The van der Waals surface area contributed by atoms with Gasteiger partial charge in [0.1, 0.15) is 34.3 Å². The number of hydrogen-bond donors (Lipinski definition) is 1. The molecule has 0 aliphatic rings. The van der Waals surface area contributed by atoms with Crippen LogP contribution in [0.5, 0.6) is 5.75 Å². The minimum atomic E-state index is -3.59. The highest BCUT2D eigenvalue weighted by Gasteiger charge is 2.17. The summed E-state index contributed by atoms with van der Waals surface area (Å²) in [7, 11) is -4.73. The molecule has 4 rings (SSSR count). The summed E-state index contributed by atoms with van der Waals surface area (Å²) in [6.07, 6.45) is 2.67. The Morgan fingerprint density at radius 2 is 1.57 bits per heavy atom. The van der Waals surface area contributed by atoms with E-state index in [0.717, 1.165) is 5.39 Å². The second-order valence-corrected chi connectivity index (χ2v) is 12.9. The van der Waals surface area contributed by atoms with Crippen LogP contribution in [-0.4, -0.2) is 70.5 Å². The van der Waals surface area contributed by atoms with Crippen LogP contribution in [0.4, 0.5) is 11.5 Å². The van der Waals surface area contributed by atoms with E-state index >= 15 is 0 Å². The number of hydrogen-bond acceptors (Lipinski definition) is 9. The number of benzene rings is 3. The lowest BCUT2D eigenvalue weighted by molar-refractivity contribution is 0.244. The van der Waals surface area contributed by atoms with Gasteiger partial charge < -0.3 is 15.0 Å². The van der Waals surface area contributed by atoms with E-state index in [1.807, 2.05) is 30.1 Å². The summed E-state index contributed by atoms with van der Waals surface area (Å²) >= 11 is 0. The first kappa shape index (κ1) is 26.5. The lowest BCUT2D eigenvalue weighted by Crippen LogP contribution is -2.29. The van der Waals surface area contributed by atoms with Gasteiger partial charge in [0, 0.05) is 36.5 Å². The van der Waals surface area contributed by atoms with Crippen molar-refractivity contribution in [3.8, 4) is 5.75 Å². The van der Waals surface area contributed by atoms with E-state index in [1.165, 1.54) is 12.6 Å². The standard InChI is InChI=1S/C26H28N4O5S2/c1-30(15-17-36(2,31)32)14-16-35-21-10-13-24-25(18-21)27-19-28-26(24)29-20-8-11-23(12-9-20)37(33,34)22-6-4-3-5-7-22/h3-13,18-19H,14-17H2,1-2H3,(H,27,28,29). The minimum Gasteiger partial charge on any atom is -0.492 e. The topological polar surface area (TPSA) is 119 Å². The average Bonchev–Trinajstić information content (AvgIpc) is 2.88. The van der Waals surface area contributed by atoms with E-state index in [9.17, 15) is 16.8 Å². The molecule has 3 aromatic carbocycles. The molecule has 0 aliphatic carbocycles. The zero-order chi connectivity index (χ0) is 26.5. The van der Waals surface area contributed by atoms with Crippen LogP contribution in [0.1, 0.15) is 0 Å². The van der Waals surface area contributed by atoms with Crippen LogP contribution in [0.15, 0.2) is 88.9 Å². The number of fused-ring (bicyclic) bond motifs is 1. The van der Waals surface area contributed by atoms with Gasteiger partial charge in [0.2, 0.25) is 9.84 Å². The van der Waals surface area contributed by atoms with Gasteiger partial charge in [0.05, 0.1) is 21.1 Å². The van der Waals surface area contributed by atoms with Crippen LogP contribution in [-0.2, 0) is 19.7 Å². The number of sulfone groups is 2. The number of likely N-dealkylation sites (N-methyl/N-ethyl adjacent to an activating group) is 1. The highest BCUT2D eigenvalue weighted by atomic mass is 32.2. The van der Waals surface area contributed by atoms with Gasteiger partial charge in [-0.3, -0.25) is 0 Å². The van der Waals surface area contributed by atoms with Crippen molar-refractivity contribution in [3.63, 3.8) is 0 Å². The number of rotatable bonds is 11. The molecule has 194 valence electrons. The first-order chi connectivity index (χ1) is 17.6. The lowest BCUT2D eigenvalue weighted by atomic mass is 10.2. The van der Waals surface area contributed by atoms with Crippen LogP contribution in [0, 0.1) is 0 Å². The van der Waals surface area contributed by atoms with E-state index in [4.69, 9.17) is 4.74 Å². The monoisotopic (exact) mass is 540 g/mol. The molecule has 1 heterocycles. The molecule has 0 saturated heterocycles. The maximum absolute atomic E-state index is 12.8. The fraction of sp³-hybridized carbons (Fsp3) is 0.231. The van der Waals surface area contributed by atoms with Crippen LogP contribution >= 0.6 is 0 Å². The Bertz CT molecular complexity index is 1580. The van der Waals surface area contributed by atoms with Gasteiger partial charge in [-0.2, -0.15) is 0 Å². The van der Waals surface area contributed by atoms with Crippen molar-refractivity contribution in [2.45, 2.75) is 9.79 Å². The van der Waals surface area contributed by atoms with Gasteiger partial charge in [-0.1, -0.05) is 18.2 Å². The van der Waals surface area contributed by atoms with Gasteiger partial charge in [-0.05, 0) is 55.6 Å². The smallest absolute Gasteiger partial charge is 0.206 e. The van der Waals surface area contributed by atoms with Crippen molar-refractivity contribution in [1.29, 1.82) is 0 Å². The third kappa shape index (κ3) is 7.03. The summed E-state index contributed by atoms with van der Waals surface area (Å²) in [5, 5.41) is 4.01. The van der Waals surface area contributed by atoms with E-state index in [-0.39, 0.29) is 15.5 Å². The number of nitrogens with one attached hydrogen (secondary N) is 1. The maximum atomic E-state index is 12.8. The Morgan fingerprint density at radius 1 is 0.865 bits per heavy atom. The van der Waals surface area contributed by atoms with Crippen LogP contribution in [0.3, 0.4) is 0 Å². The van der Waals surface area contributed by atoms with Gasteiger partial charge in [-0.15, -0.1) is 0 Å². The van der Waals surface area contributed by atoms with E-state index in [2.05, 4.69) is 15.3 Å². The zero-order valence-electron chi connectivity index (χ0n) is 20.5. The molecule has 0 aliphatic heterocycles. The van der Waals surface area contributed by atoms with Crippen molar-refractivity contribution in [2.75, 3.05) is 44.1 Å². The highest BCUT2D eigenvalue weighted by molar-refractivity contribution is 7.91. The normalized spacial score (nSPS) is 12.1. The summed E-state index contributed by atoms with van der Waals surface area (Å²) in [5.41, 5.74) is 1.37. The maximum Gasteiger partial charge on any atom is 0.206 e. The summed E-state index contributed by atoms with van der Waals surface area (Å²) in [4.78, 5) is 11.0. The second kappa shape index (κ2) is 11.2. The van der Waals surface area contributed by atoms with E-state index in [0.29, 0.717) is 42.5 Å².